The Morgan fingerprint density at radius 3 is 2.93 bits per heavy atom. The zero-order chi connectivity index (χ0) is 21.5. The van der Waals surface area contributed by atoms with Crippen molar-refractivity contribution < 1.29 is 13.9 Å². The maximum Gasteiger partial charge on any atom is 0.254 e. The van der Waals surface area contributed by atoms with Crippen molar-refractivity contribution in [1.29, 1.82) is 0 Å². The lowest BCUT2D eigenvalue weighted by Crippen LogP contribution is -2.17. The number of anilines is 3. The topological polar surface area (TPSA) is 120 Å². The van der Waals surface area contributed by atoms with Gasteiger partial charge in [-0.2, -0.15) is 21.8 Å². The number of nitrogens with two attached hydrogens (primary N) is 1. The fraction of sp³-hybridized carbons (Fsp3) is 0.263. The first-order valence-corrected chi connectivity index (χ1v) is 10.4. The lowest BCUT2D eigenvalue weighted by Gasteiger charge is -2.13. The largest absolute Gasteiger partial charge is 0.496 e. The van der Waals surface area contributed by atoms with Gasteiger partial charge in [-0.25, -0.2) is 9.37 Å². The molecule has 0 aliphatic rings. The van der Waals surface area contributed by atoms with Gasteiger partial charge in [0.1, 0.15) is 17.4 Å². The number of benzene rings is 1. The Morgan fingerprint density at radius 1 is 1.37 bits per heavy atom. The molecular weight excluding hydrogens is 409 g/mol. The van der Waals surface area contributed by atoms with E-state index in [1.165, 1.54) is 19.4 Å². The second-order valence-electron chi connectivity index (χ2n) is 6.20. The van der Waals surface area contributed by atoms with Crippen LogP contribution in [-0.2, 0) is 13.1 Å². The quantitative estimate of drug-likeness (QED) is 0.448. The predicted octanol–water partition coefficient (Wildman–Crippen LogP) is 2.64. The van der Waals surface area contributed by atoms with E-state index in [1.54, 1.807) is 34.8 Å². The van der Waals surface area contributed by atoms with Gasteiger partial charge < -0.3 is 21.1 Å². The number of nitrogens with zero attached hydrogens (tertiary/aromatic N) is 4. The molecule has 0 unspecified atom stereocenters. The molecule has 3 rings (SSSR count). The zero-order valence-corrected chi connectivity index (χ0v) is 17.4. The van der Waals surface area contributed by atoms with Gasteiger partial charge in [-0.05, 0) is 18.4 Å². The van der Waals surface area contributed by atoms with E-state index in [4.69, 9.17) is 10.5 Å². The number of ether oxygens (including phenoxy) is 1. The summed E-state index contributed by atoms with van der Waals surface area (Å²) in [6.07, 6.45) is 6.83. The summed E-state index contributed by atoms with van der Waals surface area (Å²) in [4.78, 5) is 20.2. The number of aromatic nitrogens is 4. The van der Waals surface area contributed by atoms with E-state index < -0.39 is 11.7 Å². The second-order valence-corrected chi connectivity index (χ2v) is 7.19. The Hall–Kier alpha value is -3.34. The van der Waals surface area contributed by atoms with Crippen LogP contribution in [0.15, 0.2) is 36.8 Å². The third kappa shape index (κ3) is 5.17. The molecule has 4 N–H and O–H groups in total. The van der Waals surface area contributed by atoms with E-state index in [0.717, 1.165) is 12.3 Å². The Bertz CT molecular complexity index is 1030. The predicted molar refractivity (Wildman–Crippen MR) is 115 cm³/mol. The minimum absolute atomic E-state index is 0.0409. The molecule has 0 radical (unpaired) electrons. The van der Waals surface area contributed by atoms with E-state index in [1.807, 2.05) is 12.5 Å². The first-order chi connectivity index (χ1) is 14.5. The maximum atomic E-state index is 14.2. The fourth-order valence-electron chi connectivity index (χ4n) is 2.70. The number of methoxy groups -OCH3 is 1. The Kier molecular flexibility index (Phi) is 7.07. The molecule has 9 nitrogen and oxygen atoms in total. The molecule has 0 aliphatic carbocycles. The summed E-state index contributed by atoms with van der Waals surface area (Å²) in [6, 6.07) is 4.53. The average molecular weight is 431 g/mol. The lowest BCUT2D eigenvalue weighted by atomic mass is 10.2. The molecule has 30 heavy (non-hydrogen) atoms. The Morgan fingerprint density at radius 2 is 2.20 bits per heavy atom. The molecule has 3 aromatic rings. The molecule has 0 bridgehead atoms. The minimum atomic E-state index is -0.700. The van der Waals surface area contributed by atoms with Crippen molar-refractivity contribution in [2.75, 3.05) is 29.8 Å². The second kappa shape index (κ2) is 9.92. The van der Waals surface area contributed by atoms with Crippen molar-refractivity contribution in [1.82, 2.24) is 19.7 Å². The zero-order valence-electron chi connectivity index (χ0n) is 16.6. The van der Waals surface area contributed by atoms with Gasteiger partial charge in [0.15, 0.2) is 0 Å². The van der Waals surface area contributed by atoms with Crippen LogP contribution in [-0.4, -0.2) is 44.8 Å². The van der Waals surface area contributed by atoms with Crippen LogP contribution in [0, 0.1) is 5.82 Å². The number of thioether (sulfide) groups is 1. The monoisotopic (exact) mass is 431 g/mol. The summed E-state index contributed by atoms with van der Waals surface area (Å²) >= 11 is 1.73. The number of amides is 1. The molecule has 2 aromatic heterocycles. The standard InChI is InChI=1S/C19H22FN7O2S/c1-29-16-5-3-4-15(20)13(16)9-22-18-14(17(21)28)10-23-19(26-18)25-12-8-24-27(11-12)6-7-30-2/h3-5,8,10-11H,6-7,9H2,1-2H3,(H2,21,28)(H2,22,23,25,26). The highest BCUT2D eigenvalue weighted by Gasteiger charge is 2.15. The third-order valence-electron chi connectivity index (χ3n) is 4.20. The van der Waals surface area contributed by atoms with Crippen molar-refractivity contribution in [3.63, 3.8) is 0 Å². The van der Waals surface area contributed by atoms with Crippen LogP contribution in [0.25, 0.3) is 0 Å². The number of nitrogens with one attached hydrogen (secondary N) is 2. The number of carbonyl (C=O) groups is 1. The summed E-state index contributed by atoms with van der Waals surface area (Å²) in [7, 11) is 1.46. The van der Waals surface area contributed by atoms with E-state index in [-0.39, 0.29) is 23.9 Å². The van der Waals surface area contributed by atoms with E-state index in [0.29, 0.717) is 17.0 Å². The van der Waals surface area contributed by atoms with Gasteiger partial charge in [0, 0.05) is 30.3 Å². The molecule has 0 saturated heterocycles. The van der Waals surface area contributed by atoms with Gasteiger partial charge in [0.25, 0.3) is 5.91 Å². The van der Waals surface area contributed by atoms with E-state index in [2.05, 4.69) is 25.7 Å². The molecule has 158 valence electrons. The number of carbonyl (C=O) groups excluding carboxylic acids is 1. The van der Waals surface area contributed by atoms with Crippen LogP contribution in [0.4, 0.5) is 21.8 Å². The van der Waals surface area contributed by atoms with Crippen molar-refractivity contribution in [3.05, 3.63) is 53.7 Å². The number of primary amides is 1. The smallest absolute Gasteiger partial charge is 0.254 e. The molecule has 0 spiro atoms. The molecule has 0 fully saturated rings. The molecule has 0 atom stereocenters. The van der Waals surface area contributed by atoms with E-state index >= 15 is 0 Å². The van der Waals surface area contributed by atoms with Gasteiger partial charge in [0.05, 0.1) is 31.1 Å². The van der Waals surface area contributed by atoms with Crippen LogP contribution >= 0.6 is 11.8 Å². The van der Waals surface area contributed by atoms with Crippen molar-refractivity contribution in [2.24, 2.45) is 5.73 Å². The first-order valence-electron chi connectivity index (χ1n) is 9.02. The van der Waals surface area contributed by atoms with Crippen LogP contribution in [0.3, 0.4) is 0 Å². The summed E-state index contributed by atoms with van der Waals surface area (Å²) in [5, 5.41) is 10.2. The first kappa shape index (κ1) is 21.4. The average Bonchev–Trinajstić information content (AvgIpc) is 3.18. The molecule has 1 amide bonds. The number of hydrogen-bond acceptors (Lipinski definition) is 8. The van der Waals surface area contributed by atoms with Gasteiger partial charge in [-0.15, -0.1) is 0 Å². The van der Waals surface area contributed by atoms with Crippen molar-refractivity contribution >= 4 is 35.1 Å². The highest BCUT2D eigenvalue weighted by atomic mass is 32.2. The van der Waals surface area contributed by atoms with Crippen LogP contribution in [0.5, 0.6) is 5.75 Å². The summed E-state index contributed by atoms with van der Waals surface area (Å²) in [5.41, 5.74) is 6.52. The molecule has 2 heterocycles. The van der Waals surface area contributed by atoms with Crippen LogP contribution < -0.4 is 21.1 Å². The highest BCUT2D eigenvalue weighted by molar-refractivity contribution is 7.98. The summed E-state index contributed by atoms with van der Waals surface area (Å²) in [5.74, 6) is 0.612. The normalized spacial score (nSPS) is 10.6. The summed E-state index contributed by atoms with van der Waals surface area (Å²) in [6.45, 7) is 0.820. The number of halogens is 1. The molecule has 11 heteroatoms. The molecule has 0 saturated carbocycles. The van der Waals surface area contributed by atoms with E-state index in [9.17, 15) is 9.18 Å². The van der Waals surface area contributed by atoms with Gasteiger partial charge >= 0.3 is 0 Å². The molecular formula is C19H22FN7O2S. The summed E-state index contributed by atoms with van der Waals surface area (Å²) < 4.78 is 21.2. The fourth-order valence-corrected chi connectivity index (χ4v) is 3.06. The lowest BCUT2D eigenvalue weighted by molar-refractivity contribution is 0.100. The van der Waals surface area contributed by atoms with Crippen molar-refractivity contribution in [3.8, 4) is 5.75 Å². The highest BCUT2D eigenvalue weighted by Crippen LogP contribution is 2.23. The number of rotatable bonds is 10. The van der Waals surface area contributed by atoms with Gasteiger partial charge in [0.2, 0.25) is 5.95 Å². The maximum absolute atomic E-state index is 14.2. The van der Waals surface area contributed by atoms with Crippen LogP contribution in [0.2, 0.25) is 0 Å². The molecule has 0 aliphatic heterocycles. The van der Waals surface area contributed by atoms with Crippen molar-refractivity contribution in [2.45, 2.75) is 13.1 Å². The Balaban J connectivity index is 1.80. The molecule has 1 aromatic carbocycles. The number of hydrogen-bond donors (Lipinski definition) is 3. The third-order valence-corrected chi connectivity index (χ3v) is 4.79. The van der Waals surface area contributed by atoms with Gasteiger partial charge in [-0.3, -0.25) is 9.48 Å². The van der Waals surface area contributed by atoms with Gasteiger partial charge in [-0.1, -0.05) is 6.07 Å². The number of aryl methyl sites for hydroxylation is 1. The SMILES string of the molecule is COc1cccc(F)c1CNc1nc(Nc2cnn(CCSC)c2)ncc1C(N)=O. The Labute approximate surface area is 177 Å². The minimum Gasteiger partial charge on any atom is -0.496 e. The van der Waals surface area contributed by atoms with Crippen LogP contribution in [0.1, 0.15) is 15.9 Å².